The fraction of sp³-hybridized carbons (Fsp3) is 1.00. The Labute approximate surface area is 87.6 Å². The van der Waals surface area contributed by atoms with Crippen LogP contribution in [0.2, 0.25) is 0 Å². The zero-order valence-electron chi connectivity index (χ0n) is 9.70. The maximum atomic E-state index is 5.69. The molecule has 1 aliphatic rings. The van der Waals surface area contributed by atoms with E-state index in [1.807, 2.05) is 0 Å². The normalized spacial score (nSPS) is 23.8. The molecule has 0 aromatic rings. The summed E-state index contributed by atoms with van der Waals surface area (Å²) in [6.07, 6.45) is 2.33. The largest absolute Gasteiger partial charge is 0.381 e. The fourth-order valence-electron chi connectivity index (χ4n) is 2.02. The SMILES string of the molecule is CC(CN)C(C)N(C)C1CCOCC1. The summed E-state index contributed by atoms with van der Waals surface area (Å²) in [6.45, 7) is 7.10. The predicted octanol–water partition coefficient (Wildman–Crippen LogP) is 1.08. The molecular formula is C11H24N2O. The van der Waals surface area contributed by atoms with Crippen molar-refractivity contribution in [2.75, 3.05) is 26.8 Å². The first-order valence-electron chi connectivity index (χ1n) is 5.66. The van der Waals surface area contributed by atoms with Crippen molar-refractivity contribution in [1.29, 1.82) is 0 Å². The van der Waals surface area contributed by atoms with Gasteiger partial charge in [0.25, 0.3) is 0 Å². The highest BCUT2D eigenvalue weighted by atomic mass is 16.5. The third-order valence-electron chi connectivity index (χ3n) is 3.60. The van der Waals surface area contributed by atoms with E-state index >= 15 is 0 Å². The maximum absolute atomic E-state index is 5.69. The molecule has 0 aromatic heterocycles. The first-order chi connectivity index (χ1) is 6.66. The van der Waals surface area contributed by atoms with E-state index in [-0.39, 0.29) is 0 Å². The Balaban J connectivity index is 2.41. The molecule has 1 fully saturated rings. The number of rotatable bonds is 4. The van der Waals surface area contributed by atoms with Crippen LogP contribution in [0.15, 0.2) is 0 Å². The summed E-state index contributed by atoms with van der Waals surface area (Å²) in [4.78, 5) is 2.47. The lowest BCUT2D eigenvalue weighted by Gasteiger charge is -2.37. The van der Waals surface area contributed by atoms with Crippen LogP contribution in [0.4, 0.5) is 0 Å². The molecule has 0 bridgehead atoms. The van der Waals surface area contributed by atoms with E-state index < -0.39 is 0 Å². The van der Waals surface area contributed by atoms with Gasteiger partial charge in [0.2, 0.25) is 0 Å². The molecule has 0 aliphatic carbocycles. The summed E-state index contributed by atoms with van der Waals surface area (Å²) in [5, 5.41) is 0. The van der Waals surface area contributed by atoms with Gasteiger partial charge in [-0.25, -0.2) is 0 Å². The first kappa shape index (κ1) is 12.0. The molecular weight excluding hydrogens is 176 g/mol. The quantitative estimate of drug-likeness (QED) is 0.738. The molecule has 1 saturated heterocycles. The molecule has 0 radical (unpaired) electrons. The van der Waals surface area contributed by atoms with Crippen LogP contribution in [0.5, 0.6) is 0 Å². The minimum atomic E-state index is 0.572. The van der Waals surface area contributed by atoms with Gasteiger partial charge < -0.3 is 15.4 Å². The van der Waals surface area contributed by atoms with E-state index in [1.165, 1.54) is 0 Å². The summed E-state index contributed by atoms with van der Waals surface area (Å²) in [6, 6.07) is 1.26. The molecule has 3 nitrogen and oxygen atoms in total. The van der Waals surface area contributed by atoms with Gasteiger partial charge in [-0.05, 0) is 39.3 Å². The number of hydrogen-bond acceptors (Lipinski definition) is 3. The van der Waals surface area contributed by atoms with Gasteiger partial charge in [-0.2, -0.15) is 0 Å². The van der Waals surface area contributed by atoms with Crippen molar-refractivity contribution in [2.45, 2.75) is 38.8 Å². The monoisotopic (exact) mass is 200 g/mol. The smallest absolute Gasteiger partial charge is 0.0480 e. The summed E-state index contributed by atoms with van der Waals surface area (Å²) in [7, 11) is 2.22. The second-order valence-electron chi connectivity index (χ2n) is 4.46. The molecule has 0 saturated carbocycles. The lowest BCUT2D eigenvalue weighted by atomic mass is 9.98. The van der Waals surface area contributed by atoms with E-state index in [2.05, 4.69) is 25.8 Å². The van der Waals surface area contributed by atoms with Crippen LogP contribution < -0.4 is 5.73 Å². The van der Waals surface area contributed by atoms with Crippen LogP contribution in [0.1, 0.15) is 26.7 Å². The van der Waals surface area contributed by atoms with Gasteiger partial charge in [0.15, 0.2) is 0 Å². The highest BCUT2D eigenvalue weighted by molar-refractivity contribution is 4.79. The molecule has 3 heteroatoms. The van der Waals surface area contributed by atoms with Crippen LogP contribution in [-0.4, -0.2) is 43.8 Å². The lowest BCUT2D eigenvalue weighted by Crippen LogP contribution is -2.45. The molecule has 0 spiro atoms. The Morgan fingerprint density at radius 1 is 1.36 bits per heavy atom. The van der Waals surface area contributed by atoms with E-state index in [0.717, 1.165) is 32.6 Å². The van der Waals surface area contributed by atoms with Gasteiger partial charge in [0, 0.05) is 25.3 Å². The molecule has 1 aliphatic heterocycles. The Morgan fingerprint density at radius 3 is 2.43 bits per heavy atom. The van der Waals surface area contributed by atoms with Crippen molar-refractivity contribution in [2.24, 2.45) is 11.7 Å². The third-order valence-corrected chi connectivity index (χ3v) is 3.60. The lowest BCUT2D eigenvalue weighted by molar-refractivity contribution is 0.0232. The molecule has 0 amide bonds. The number of ether oxygens (including phenoxy) is 1. The van der Waals surface area contributed by atoms with Crippen LogP contribution in [0.3, 0.4) is 0 Å². The standard InChI is InChI=1S/C11H24N2O/c1-9(8-12)10(2)13(3)11-4-6-14-7-5-11/h9-11H,4-8,12H2,1-3H3. The van der Waals surface area contributed by atoms with Gasteiger partial charge in [-0.1, -0.05) is 6.92 Å². The van der Waals surface area contributed by atoms with Crippen molar-refractivity contribution in [3.05, 3.63) is 0 Å². The Kier molecular flexibility index (Phi) is 4.85. The third kappa shape index (κ3) is 2.94. The fourth-order valence-corrected chi connectivity index (χ4v) is 2.02. The molecule has 2 N–H and O–H groups in total. The first-order valence-corrected chi connectivity index (χ1v) is 5.66. The Morgan fingerprint density at radius 2 is 1.93 bits per heavy atom. The molecule has 1 heterocycles. The number of nitrogens with two attached hydrogens (primary N) is 1. The molecule has 2 atom stereocenters. The summed E-state index contributed by atoms with van der Waals surface area (Å²) in [5.41, 5.74) is 5.69. The van der Waals surface area contributed by atoms with Crippen LogP contribution in [0.25, 0.3) is 0 Å². The van der Waals surface area contributed by atoms with Gasteiger partial charge in [-0.15, -0.1) is 0 Å². The average molecular weight is 200 g/mol. The average Bonchev–Trinajstić information content (AvgIpc) is 2.27. The highest BCUT2D eigenvalue weighted by Gasteiger charge is 2.24. The Hall–Kier alpha value is -0.120. The van der Waals surface area contributed by atoms with E-state index in [1.54, 1.807) is 0 Å². The highest BCUT2D eigenvalue weighted by Crippen LogP contribution is 2.18. The number of nitrogens with zero attached hydrogens (tertiary/aromatic N) is 1. The summed E-state index contributed by atoms with van der Waals surface area (Å²) >= 11 is 0. The molecule has 84 valence electrons. The second-order valence-corrected chi connectivity index (χ2v) is 4.46. The zero-order valence-corrected chi connectivity index (χ0v) is 9.70. The van der Waals surface area contributed by atoms with Gasteiger partial charge in [0.05, 0.1) is 0 Å². The van der Waals surface area contributed by atoms with Crippen LogP contribution >= 0.6 is 0 Å². The van der Waals surface area contributed by atoms with E-state index in [9.17, 15) is 0 Å². The summed E-state index contributed by atoms with van der Waals surface area (Å²) < 4.78 is 5.37. The van der Waals surface area contributed by atoms with Crippen LogP contribution in [-0.2, 0) is 4.74 Å². The van der Waals surface area contributed by atoms with Crippen molar-refractivity contribution in [3.63, 3.8) is 0 Å². The minimum Gasteiger partial charge on any atom is -0.381 e. The van der Waals surface area contributed by atoms with Crippen molar-refractivity contribution < 1.29 is 4.74 Å². The van der Waals surface area contributed by atoms with Crippen LogP contribution in [0, 0.1) is 5.92 Å². The van der Waals surface area contributed by atoms with Crippen molar-refractivity contribution in [3.8, 4) is 0 Å². The molecule has 0 aromatic carbocycles. The number of hydrogen-bond donors (Lipinski definition) is 1. The molecule has 1 rings (SSSR count). The van der Waals surface area contributed by atoms with Crippen molar-refractivity contribution >= 4 is 0 Å². The Bertz CT molecular complexity index is 155. The van der Waals surface area contributed by atoms with Crippen molar-refractivity contribution in [1.82, 2.24) is 4.90 Å². The maximum Gasteiger partial charge on any atom is 0.0480 e. The second kappa shape index (κ2) is 5.69. The summed E-state index contributed by atoms with van der Waals surface area (Å²) in [5.74, 6) is 0.572. The zero-order chi connectivity index (χ0) is 10.6. The van der Waals surface area contributed by atoms with Gasteiger partial charge in [-0.3, -0.25) is 0 Å². The minimum absolute atomic E-state index is 0.572. The topological polar surface area (TPSA) is 38.5 Å². The van der Waals surface area contributed by atoms with Gasteiger partial charge in [0.1, 0.15) is 0 Å². The van der Waals surface area contributed by atoms with E-state index in [4.69, 9.17) is 10.5 Å². The molecule has 14 heavy (non-hydrogen) atoms. The predicted molar refractivity (Wildman–Crippen MR) is 59.3 cm³/mol. The van der Waals surface area contributed by atoms with Gasteiger partial charge >= 0.3 is 0 Å². The van der Waals surface area contributed by atoms with E-state index in [0.29, 0.717) is 18.0 Å². The molecule has 2 unspecified atom stereocenters.